The van der Waals surface area contributed by atoms with Crippen LogP contribution in [0.4, 0.5) is 5.69 Å². The lowest BCUT2D eigenvalue weighted by molar-refractivity contribution is -0.384. The van der Waals surface area contributed by atoms with E-state index in [1.165, 1.54) is 25.3 Å². The molecule has 1 unspecified atom stereocenters. The van der Waals surface area contributed by atoms with Gasteiger partial charge in [0.05, 0.1) is 23.9 Å². The van der Waals surface area contributed by atoms with E-state index >= 15 is 0 Å². The van der Waals surface area contributed by atoms with Crippen molar-refractivity contribution in [3.8, 4) is 0 Å². The highest BCUT2D eigenvalue weighted by molar-refractivity contribution is 5.79. The molecule has 0 aromatic heterocycles. The number of carboxylic acid groups (broad SMARTS) is 1. The Labute approximate surface area is 120 Å². The number of methoxy groups -OCH3 is 1. The number of carbonyl (C=O) groups is 2. The molecule has 0 radical (unpaired) electrons. The van der Waals surface area contributed by atoms with Gasteiger partial charge in [-0.2, -0.15) is 0 Å². The Morgan fingerprint density at radius 1 is 1.43 bits per heavy atom. The lowest BCUT2D eigenvalue weighted by atomic mass is 9.66. The zero-order valence-electron chi connectivity index (χ0n) is 11.4. The average molecular weight is 293 g/mol. The standard InChI is InChI=1S/C14H15NO6/c1-21-14(18)10-5-9(6-10)12(13(16)17)8-3-2-4-11(7-8)15(19)20/h2-4,7,9-10,12H,5-6H2,1H3,(H,16,17). The maximum atomic E-state index is 11.5. The zero-order chi connectivity index (χ0) is 15.6. The van der Waals surface area contributed by atoms with Gasteiger partial charge in [0.1, 0.15) is 0 Å². The summed E-state index contributed by atoms with van der Waals surface area (Å²) in [6, 6.07) is 5.64. The summed E-state index contributed by atoms with van der Waals surface area (Å²) in [6.45, 7) is 0. The van der Waals surface area contributed by atoms with Gasteiger partial charge in [0.25, 0.3) is 5.69 Å². The normalized spacial score (nSPS) is 22.0. The third kappa shape index (κ3) is 3.01. The predicted octanol–water partition coefficient (Wildman–Crippen LogP) is 1.96. The van der Waals surface area contributed by atoms with Crippen molar-refractivity contribution in [3.63, 3.8) is 0 Å². The second-order valence-electron chi connectivity index (χ2n) is 5.12. The molecule has 21 heavy (non-hydrogen) atoms. The molecular formula is C14H15NO6. The summed E-state index contributed by atoms with van der Waals surface area (Å²) >= 11 is 0. The molecule has 0 spiro atoms. The van der Waals surface area contributed by atoms with E-state index in [1.807, 2.05) is 0 Å². The van der Waals surface area contributed by atoms with Crippen LogP contribution in [0.1, 0.15) is 24.3 Å². The Morgan fingerprint density at radius 2 is 2.10 bits per heavy atom. The maximum Gasteiger partial charge on any atom is 0.311 e. The lowest BCUT2D eigenvalue weighted by Gasteiger charge is -2.37. The summed E-state index contributed by atoms with van der Waals surface area (Å²) in [6.07, 6.45) is 0.846. The van der Waals surface area contributed by atoms with Crippen LogP contribution < -0.4 is 0 Å². The smallest absolute Gasteiger partial charge is 0.311 e. The van der Waals surface area contributed by atoms with Crippen LogP contribution in [-0.4, -0.2) is 29.1 Å². The molecule has 0 saturated heterocycles. The zero-order valence-corrected chi connectivity index (χ0v) is 11.4. The first-order chi connectivity index (χ1) is 9.93. The molecule has 0 heterocycles. The van der Waals surface area contributed by atoms with Crippen LogP contribution in [0.15, 0.2) is 24.3 Å². The lowest BCUT2D eigenvalue weighted by Crippen LogP contribution is -2.37. The van der Waals surface area contributed by atoms with E-state index in [1.54, 1.807) is 6.07 Å². The minimum absolute atomic E-state index is 0.136. The number of non-ortho nitro benzene ring substituents is 1. The number of nitrogens with zero attached hydrogens (tertiary/aromatic N) is 1. The van der Waals surface area contributed by atoms with Gasteiger partial charge in [-0.3, -0.25) is 19.7 Å². The minimum atomic E-state index is -1.04. The van der Waals surface area contributed by atoms with Crippen LogP contribution in [0.25, 0.3) is 0 Å². The fraction of sp³-hybridized carbons (Fsp3) is 0.429. The third-order valence-electron chi connectivity index (χ3n) is 3.89. The second-order valence-corrected chi connectivity index (χ2v) is 5.12. The minimum Gasteiger partial charge on any atom is -0.481 e. The Balaban J connectivity index is 2.18. The van der Waals surface area contributed by atoms with Gasteiger partial charge in [0.15, 0.2) is 0 Å². The first kappa shape index (κ1) is 15.0. The van der Waals surface area contributed by atoms with E-state index in [4.69, 9.17) is 0 Å². The summed E-state index contributed by atoms with van der Waals surface area (Å²) in [5.41, 5.74) is 0.257. The number of rotatable bonds is 5. The van der Waals surface area contributed by atoms with Crippen LogP contribution in [0, 0.1) is 22.0 Å². The van der Waals surface area contributed by atoms with Crippen molar-refractivity contribution in [3.05, 3.63) is 39.9 Å². The average Bonchev–Trinajstić information content (AvgIpc) is 2.41. The van der Waals surface area contributed by atoms with E-state index in [2.05, 4.69) is 4.74 Å². The topological polar surface area (TPSA) is 107 Å². The summed E-state index contributed by atoms with van der Waals surface area (Å²) in [4.78, 5) is 33.0. The third-order valence-corrected chi connectivity index (χ3v) is 3.89. The van der Waals surface area contributed by atoms with Crippen molar-refractivity contribution in [2.45, 2.75) is 18.8 Å². The van der Waals surface area contributed by atoms with Gasteiger partial charge in [-0.1, -0.05) is 12.1 Å². The molecule has 2 rings (SSSR count). The first-order valence-corrected chi connectivity index (χ1v) is 6.49. The van der Waals surface area contributed by atoms with Gasteiger partial charge in [-0.05, 0) is 24.3 Å². The number of hydrogen-bond acceptors (Lipinski definition) is 5. The molecule has 1 aromatic carbocycles. The van der Waals surface area contributed by atoms with Gasteiger partial charge in [0, 0.05) is 12.1 Å². The number of hydrogen-bond donors (Lipinski definition) is 1. The molecule has 0 bridgehead atoms. The number of esters is 1. The van der Waals surface area contributed by atoms with Gasteiger partial charge in [-0.15, -0.1) is 0 Å². The first-order valence-electron chi connectivity index (χ1n) is 6.49. The van der Waals surface area contributed by atoms with Crippen LogP contribution >= 0.6 is 0 Å². The summed E-state index contributed by atoms with van der Waals surface area (Å²) in [7, 11) is 1.30. The highest BCUT2D eigenvalue weighted by Crippen LogP contribution is 2.44. The van der Waals surface area contributed by atoms with Crippen LogP contribution in [0.5, 0.6) is 0 Å². The van der Waals surface area contributed by atoms with Gasteiger partial charge >= 0.3 is 11.9 Å². The molecule has 1 fully saturated rings. The van der Waals surface area contributed by atoms with Crippen molar-refractivity contribution in [2.24, 2.45) is 11.8 Å². The van der Waals surface area contributed by atoms with Crippen LogP contribution in [0.3, 0.4) is 0 Å². The summed E-state index contributed by atoms with van der Waals surface area (Å²) in [5, 5.41) is 20.2. The Morgan fingerprint density at radius 3 is 2.62 bits per heavy atom. The van der Waals surface area contributed by atoms with E-state index in [9.17, 15) is 24.8 Å². The Hall–Kier alpha value is -2.44. The molecule has 1 N–H and O–H groups in total. The van der Waals surface area contributed by atoms with E-state index < -0.39 is 16.8 Å². The monoisotopic (exact) mass is 293 g/mol. The van der Waals surface area contributed by atoms with E-state index in [-0.39, 0.29) is 23.5 Å². The molecule has 0 aliphatic heterocycles. The fourth-order valence-corrected chi connectivity index (χ4v) is 2.74. The molecule has 7 heteroatoms. The number of benzene rings is 1. The molecular weight excluding hydrogens is 278 g/mol. The van der Waals surface area contributed by atoms with Crippen molar-refractivity contribution in [1.82, 2.24) is 0 Å². The number of nitro benzene ring substituents is 1. The second kappa shape index (κ2) is 5.90. The van der Waals surface area contributed by atoms with Crippen LogP contribution in [0.2, 0.25) is 0 Å². The Bertz CT molecular complexity index is 579. The molecule has 1 aromatic rings. The molecule has 1 aliphatic rings. The number of aliphatic carboxylic acids is 1. The molecule has 7 nitrogen and oxygen atoms in total. The molecule has 1 atom stereocenters. The quantitative estimate of drug-likeness (QED) is 0.505. The van der Waals surface area contributed by atoms with Crippen molar-refractivity contribution >= 4 is 17.6 Å². The molecule has 1 aliphatic carbocycles. The van der Waals surface area contributed by atoms with Gasteiger partial charge in [0.2, 0.25) is 0 Å². The largest absolute Gasteiger partial charge is 0.481 e. The van der Waals surface area contributed by atoms with Crippen LogP contribution in [-0.2, 0) is 14.3 Å². The molecule has 0 amide bonds. The Kier molecular flexibility index (Phi) is 4.21. The van der Waals surface area contributed by atoms with Crippen molar-refractivity contribution in [2.75, 3.05) is 7.11 Å². The number of carboxylic acids is 1. The van der Waals surface area contributed by atoms with Gasteiger partial charge < -0.3 is 9.84 Å². The van der Waals surface area contributed by atoms with Crippen molar-refractivity contribution < 1.29 is 24.4 Å². The summed E-state index contributed by atoms with van der Waals surface area (Å²) in [5.74, 6) is -2.71. The number of ether oxygens (including phenoxy) is 1. The predicted molar refractivity (Wildman–Crippen MR) is 71.7 cm³/mol. The van der Waals surface area contributed by atoms with E-state index in [0.717, 1.165) is 0 Å². The highest BCUT2D eigenvalue weighted by Gasteiger charge is 2.43. The number of carbonyl (C=O) groups excluding carboxylic acids is 1. The van der Waals surface area contributed by atoms with Crippen molar-refractivity contribution in [1.29, 1.82) is 0 Å². The maximum absolute atomic E-state index is 11.5. The number of nitro groups is 1. The highest BCUT2D eigenvalue weighted by atomic mass is 16.6. The van der Waals surface area contributed by atoms with Gasteiger partial charge in [-0.25, -0.2) is 0 Å². The summed E-state index contributed by atoms with van der Waals surface area (Å²) < 4.78 is 4.62. The SMILES string of the molecule is COC(=O)C1CC(C(C(=O)O)c2cccc([N+](=O)[O-])c2)C1. The molecule has 1 saturated carbocycles. The fourth-order valence-electron chi connectivity index (χ4n) is 2.74. The van der Waals surface area contributed by atoms with E-state index in [0.29, 0.717) is 18.4 Å². The molecule has 112 valence electrons.